The molecule has 0 bridgehead atoms. The summed E-state index contributed by atoms with van der Waals surface area (Å²) in [4.78, 5) is 9.96. The summed E-state index contributed by atoms with van der Waals surface area (Å²) in [5.41, 5.74) is 1.05. The Morgan fingerprint density at radius 1 is 1.30 bits per heavy atom. The highest BCUT2D eigenvalue weighted by Crippen LogP contribution is 2.44. The Morgan fingerprint density at radius 2 is 2.05 bits per heavy atom. The Kier molecular flexibility index (Phi) is 4.61. The molecule has 0 fully saturated rings. The molecule has 2 aromatic rings. The van der Waals surface area contributed by atoms with E-state index in [-0.39, 0.29) is 11.9 Å². The summed E-state index contributed by atoms with van der Waals surface area (Å²) in [5, 5.41) is 0.420. The van der Waals surface area contributed by atoms with Gasteiger partial charge in [0.2, 0.25) is 0 Å². The normalized spacial score (nSPS) is 14.0. The fourth-order valence-corrected chi connectivity index (χ4v) is 3.36. The molecule has 1 atom stereocenters. The molecule has 106 valence electrons. The Morgan fingerprint density at radius 3 is 2.70 bits per heavy atom. The second-order valence-corrected chi connectivity index (χ2v) is 6.33. The average Bonchev–Trinajstić information content (AvgIpc) is 2.38. The van der Waals surface area contributed by atoms with Crippen molar-refractivity contribution in [3.8, 4) is 11.1 Å². The molecular formula is C14H13ClFO3P. The summed E-state index contributed by atoms with van der Waals surface area (Å²) >= 11 is 5.92. The van der Waals surface area contributed by atoms with Crippen LogP contribution in [0.1, 0.15) is 6.92 Å². The molecule has 0 saturated carbocycles. The number of hydrogen-bond donors (Lipinski definition) is 1. The van der Waals surface area contributed by atoms with E-state index in [1.807, 2.05) is 0 Å². The molecule has 0 aromatic heterocycles. The first-order valence-electron chi connectivity index (χ1n) is 5.97. The van der Waals surface area contributed by atoms with E-state index < -0.39 is 13.4 Å². The molecule has 0 aliphatic heterocycles. The molecule has 0 amide bonds. The quantitative estimate of drug-likeness (QED) is 0.868. The molecule has 0 aliphatic carbocycles. The van der Waals surface area contributed by atoms with Crippen LogP contribution in [0.3, 0.4) is 0 Å². The van der Waals surface area contributed by atoms with Gasteiger partial charge < -0.3 is 9.42 Å². The lowest BCUT2D eigenvalue weighted by atomic mass is 10.1. The molecule has 20 heavy (non-hydrogen) atoms. The van der Waals surface area contributed by atoms with Crippen molar-refractivity contribution in [3.05, 3.63) is 53.3 Å². The predicted octanol–water partition coefficient (Wildman–Crippen LogP) is 3.99. The Balaban J connectivity index is 2.62. The van der Waals surface area contributed by atoms with Crippen molar-refractivity contribution >= 4 is 24.5 Å². The maximum Gasteiger partial charge on any atom is 0.359 e. The summed E-state index contributed by atoms with van der Waals surface area (Å²) in [6.07, 6.45) is 0. The van der Waals surface area contributed by atoms with Crippen LogP contribution >= 0.6 is 19.2 Å². The fourth-order valence-electron chi connectivity index (χ4n) is 1.88. The van der Waals surface area contributed by atoms with E-state index in [1.165, 1.54) is 12.1 Å². The molecule has 6 heteroatoms. The van der Waals surface area contributed by atoms with E-state index in [9.17, 15) is 13.8 Å². The zero-order valence-electron chi connectivity index (χ0n) is 10.7. The van der Waals surface area contributed by atoms with Crippen molar-refractivity contribution in [1.29, 1.82) is 0 Å². The van der Waals surface area contributed by atoms with Crippen molar-refractivity contribution in [2.24, 2.45) is 0 Å². The zero-order valence-corrected chi connectivity index (χ0v) is 12.4. The molecule has 0 heterocycles. The maximum absolute atomic E-state index is 13.4. The molecule has 2 rings (SSSR count). The highest BCUT2D eigenvalue weighted by molar-refractivity contribution is 7.61. The SMILES string of the molecule is CCOP(=O)(O)c1cc(F)ccc1-c1cccc(Cl)c1. The van der Waals surface area contributed by atoms with Gasteiger partial charge in [-0.25, -0.2) is 4.39 Å². The lowest BCUT2D eigenvalue weighted by Gasteiger charge is -2.15. The maximum atomic E-state index is 13.4. The molecule has 2 aromatic carbocycles. The number of benzene rings is 2. The van der Waals surface area contributed by atoms with Crippen LogP contribution in [0.4, 0.5) is 4.39 Å². The first-order chi connectivity index (χ1) is 9.44. The second kappa shape index (κ2) is 6.06. The van der Waals surface area contributed by atoms with Gasteiger partial charge in [0.15, 0.2) is 0 Å². The first kappa shape index (κ1) is 15.2. The van der Waals surface area contributed by atoms with Gasteiger partial charge >= 0.3 is 7.60 Å². The van der Waals surface area contributed by atoms with Gasteiger partial charge in [-0.1, -0.05) is 29.8 Å². The van der Waals surface area contributed by atoms with Gasteiger partial charge in [-0.3, -0.25) is 4.57 Å². The van der Waals surface area contributed by atoms with Crippen LogP contribution in [0, 0.1) is 5.82 Å². The summed E-state index contributed by atoms with van der Waals surface area (Å²) in [7, 11) is -4.07. The highest BCUT2D eigenvalue weighted by atomic mass is 35.5. The standard InChI is InChI=1S/C14H13ClFO3P/c1-2-19-20(17,18)14-9-12(16)6-7-13(14)10-4-3-5-11(15)8-10/h3-9H,2H2,1H3,(H,17,18). The third-order valence-corrected chi connectivity index (χ3v) is 4.53. The summed E-state index contributed by atoms with van der Waals surface area (Å²) in [6, 6.07) is 10.5. The summed E-state index contributed by atoms with van der Waals surface area (Å²) in [6.45, 7) is 1.65. The monoisotopic (exact) mass is 314 g/mol. The smallest absolute Gasteiger partial charge is 0.321 e. The van der Waals surface area contributed by atoms with Gasteiger partial charge in [0, 0.05) is 5.02 Å². The summed E-state index contributed by atoms with van der Waals surface area (Å²) in [5.74, 6) is -0.597. The minimum absolute atomic E-state index is 0.0548. The van der Waals surface area contributed by atoms with Crippen molar-refractivity contribution in [3.63, 3.8) is 0 Å². The van der Waals surface area contributed by atoms with Gasteiger partial charge in [-0.15, -0.1) is 0 Å². The van der Waals surface area contributed by atoms with E-state index in [2.05, 4.69) is 0 Å². The predicted molar refractivity (Wildman–Crippen MR) is 77.9 cm³/mol. The highest BCUT2D eigenvalue weighted by Gasteiger charge is 2.26. The molecule has 0 spiro atoms. The second-order valence-electron chi connectivity index (χ2n) is 4.11. The molecule has 1 N–H and O–H groups in total. The van der Waals surface area contributed by atoms with Crippen molar-refractivity contribution in [1.82, 2.24) is 0 Å². The fraction of sp³-hybridized carbons (Fsp3) is 0.143. The average molecular weight is 315 g/mol. The van der Waals surface area contributed by atoms with Crippen LogP contribution in [0.5, 0.6) is 0 Å². The van der Waals surface area contributed by atoms with Crippen LogP contribution in [-0.2, 0) is 9.09 Å². The third-order valence-electron chi connectivity index (χ3n) is 2.70. The van der Waals surface area contributed by atoms with Crippen molar-refractivity contribution in [2.75, 3.05) is 6.61 Å². The molecule has 3 nitrogen and oxygen atoms in total. The first-order valence-corrected chi connectivity index (χ1v) is 7.93. The van der Waals surface area contributed by atoms with Crippen molar-refractivity contribution < 1.29 is 18.4 Å². The van der Waals surface area contributed by atoms with E-state index in [0.717, 1.165) is 6.07 Å². The minimum Gasteiger partial charge on any atom is -0.321 e. The van der Waals surface area contributed by atoms with Crippen LogP contribution < -0.4 is 5.30 Å². The van der Waals surface area contributed by atoms with Crippen LogP contribution in [0.2, 0.25) is 5.02 Å². The zero-order chi connectivity index (χ0) is 14.8. The van der Waals surface area contributed by atoms with Crippen molar-refractivity contribution in [2.45, 2.75) is 6.92 Å². The number of rotatable bonds is 4. The van der Waals surface area contributed by atoms with Gasteiger partial charge in [-0.05, 0) is 42.3 Å². The lowest BCUT2D eigenvalue weighted by Crippen LogP contribution is -2.11. The third kappa shape index (κ3) is 3.28. The molecule has 0 saturated heterocycles. The van der Waals surface area contributed by atoms with E-state index in [0.29, 0.717) is 16.1 Å². The van der Waals surface area contributed by atoms with Crippen LogP contribution in [0.25, 0.3) is 11.1 Å². The molecular weight excluding hydrogens is 302 g/mol. The number of halogens is 2. The van der Waals surface area contributed by atoms with Gasteiger partial charge in [-0.2, -0.15) is 0 Å². The Bertz CT molecular complexity index is 675. The Hall–Kier alpha value is -1.19. The summed E-state index contributed by atoms with van der Waals surface area (Å²) < 4.78 is 30.5. The molecule has 0 radical (unpaired) electrons. The van der Waals surface area contributed by atoms with E-state index in [1.54, 1.807) is 31.2 Å². The van der Waals surface area contributed by atoms with Crippen LogP contribution in [0.15, 0.2) is 42.5 Å². The van der Waals surface area contributed by atoms with Crippen LogP contribution in [-0.4, -0.2) is 11.5 Å². The largest absolute Gasteiger partial charge is 0.359 e. The Labute approximate surface area is 121 Å². The lowest BCUT2D eigenvalue weighted by molar-refractivity contribution is 0.284. The minimum atomic E-state index is -4.07. The van der Waals surface area contributed by atoms with E-state index >= 15 is 0 Å². The molecule has 0 aliphatic rings. The van der Waals surface area contributed by atoms with Gasteiger partial charge in [0.25, 0.3) is 0 Å². The van der Waals surface area contributed by atoms with E-state index in [4.69, 9.17) is 16.1 Å². The van der Waals surface area contributed by atoms with Gasteiger partial charge in [0.05, 0.1) is 11.9 Å². The van der Waals surface area contributed by atoms with Gasteiger partial charge in [0.1, 0.15) is 5.82 Å². The number of hydrogen-bond acceptors (Lipinski definition) is 2. The topological polar surface area (TPSA) is 46.5 Å². The molecule has 1 unspecified atom stereocenters.